The first-order valence-corrected chi connectivity index (χ1v) is 4.43. The molecular formula is C8H16N2O3. The second kappa shape index (κ2) is 5.90. The second-order valence-corrected chi connectivity index (χ2v) is 2.90. The number of ether oxygens (including phenoxy) is 2. The minimum atomic E-state index is -0.0170. The third kappa shape index (κ3) is 4.21. The van der Waals surface area contributed by atoms with Crippen LogP contribution in [0.4, 0.5) is 0 Å². The van der Waals surface area contributed by atoms with E-state index in [0.717, 1.165) is 0 Å². The average molecular weight is 188 g/mol. The van der Waals surface area contributed by atoms with E-state index in [4.69, 9.17) is 9.47 Å². The van der Waals surface area contributed by atoms with Gasteiger partial charge in [0.25, 0.3) is 0 Å². The molecule has 76 valence electrons. The van der Waals surface area contributed by atoms with Crippen LogP contribution in [0, 0.1) is 0 Å². The van der Waals surface area contributed by atoms with E-state index in [-0.39, 0.29) is 12.0 Å². The van der Waals surface area contributed by atoms with Crippen molar-refractivity contribution in [2.45, 2.75) is 6.10 Å². The summed E-state index contributed by atoms with van der Waals surface area (Å²) in [5, 5.41) is 5.52. The molecule has 1 amide bonds. The minimum Gasteiger partial charge on any atom is -0.376 e. The predicted octanol–water partition coefficient (Wildman–Crippen LogP) is -1.26. The van der Waals surface area contributed by atoms with Gasteiger partial charge in [0, 0.05) is 6.54 Å². The molecule has 0 aromatic rings. The van der Waals surface area contributed by atoms with Gasteiger partial charge in [-0.25, -0.2) is 0 Å². The highest BCUT2D eigenvalue weighted by molar-refractivity contribution is 5.77. The van der Waals surface area contributed by atoms with Crippen LogP contribution in [0.25, 0.3) is 0 Å². The van der Waals surface area contributed by atoms with E-state index in [2.05, 4.69) is 10.6 Å². The van der Waals surface area contributed by atoms with Crippen LogP contribution in [-0.4, -0.2) is 52.0 Å². The number of carbonyl (C=O) groups excluding carboxylic acids is 1. The molecule has 2 N–H and O–H groups in total. The Labute approximate surface area is 77.8 Å². The van der Waals surface area contributed by atoms with Crippen molar-refractivity contribution in [3.8, 4) is 0 Å². The Hall–Kier alpha value is -0.650. The Kier molecular flexibility index (Phi) is 4.74. The number of amides is 1. The third-order valence-corrected chi connectivity index (χ3v) is 1.75. The van der Waals surface area contributed by atoms with E-state index in [1.54, 1.807) is 7.05 Å². The average Bonchev–Trinajstić information content (AvgIpc) is 2.17. The molecule has 5 nitrogen and oxygen atoms in total. The predicted molar refractivity (Wildman–Crippen MR) is 47.5 cm³/mol. The standard InChI is InChI=1S/C8H16N2O3/c1-9-5-8(11)10-4-7-6-12-2-3-13-7/h7,9H,2-6H2,1H3,(H,10,11). The fourth-order valence-electron chi connectivity index (χ4n) is 1.11. The summed E-state index contributed by atoms with van der Waals surface area (Å²) in [6.45, 7) is 2.71. The quantitative estimate of drug-likeness (QED) is 0.578. The first-order valence-electron chi connectivity index (χ1n) is 4.43. The molecule has 0 bridgehead atoms. The number of hydrogen-bond donors (Lipinski definition) is 2. The van der Waals surface area contributed by atoms with Gasteiger partial charge in [0.2, 0.25) is 5.91 Å². The highest BCUT2D eigenvalue weighted by atomic mass is 16.6. The second-order valence-electron chi connectivity index (χ2n) is 2.90. The summed E-state index contributed by atoms with van der Waals surface area (Å²) in [6, 6.07) is 0. The lowest BCUT2D eigenvalue weighted by Gasteiger charge is -2.22. The topological polar surface area (TPSA) is 59.6 Å². The summed E-state index contributed by atoms with van der Waals surface area (Å²) in [5.74, 6) is -0.0170. The molecule has 1 unspecified atom stereocenters. The van der Waals surface area contributed by atoms with E-state index in [9.17, 15) is 4.79 Å². The highest BCUT2D eigenvalue weighted by Gasteiger charge is 2.14. The molecule has 1 saturated heterocycles. The van der Waals surface area contributed by atoms with Gasteiger partial charge in [0.1, 0.15) is 0 Å². The maximum absolute atomic E-state index is 11.0. The first-order chi connectivity index (χ1) is 6.33. The molecule has 0 radical (unpaired) electrons. The Balaban J connectivity index is 2.06. The van der Waals surface area contributed by atoms with Crippen molar-refractivity contribution in [2.24, 2.45) is 0 Å². The van der Waals surface area contributed by atoms with Gasteiger partial charge < -0.3 is 20.1 Å². The number of rotatable bonds is 4. The lowest BCUT2D eigenvalue weighted by atomic mass is 10.3. The number of carbonyl (C=O) groups is 1. The fraction of sp³-hybridized carbons (Fsp3) is 0.875. The molecule has 0 spiro atoms. The fourth-order valence-corrected chi connectivity index (χ4v) is 1.11. The first kappa shape index (κ1) is 10.4. The third-order valence-electron chi connectivity index (χ3n) is 1.75. The largest absolute Gasteiger partial charge is 0.376 e. The summed E-state index contributed by atoms with van der Waals surface area (Å²) < 4.78 is 10.5. The van der Waals surface area contributed by atoms with Crippen LogP contribution >= 0.6 is 0 Å². The molecule has 1 aliphatic rings. The molecule has 0 saturated carbocycles. The molecule has 5 heteroatoms. The maximum atomic E-state index is 11.0. The van der Waals surface area contributed by atoms with E-state index in [1.165, 1.54) is 0 Å². The minimum absolute atomic E-state index is 0.00885. The van der Waals surface area contributed by atoms with Crippen molar-refractivity contribution in [3.05, 3.63) is 0 Å². The normalized spacial score (nSPS) is 22.7. The molecule has 1 aliphatic heterocycles. The van der Waals surface area contributed by atoms with Crippen molar-refractivity contribution < 1.29 is 14.3 Å². The molecule has 13 heavy (non-hydrogen) atoms. The zero-order valence-electron chi connectivity index (χ0n) is 7.84. The zero-order valence-corrected chi connectivity index (χ0v) is 7.84. The van der Waals surface area contributed by atoms with Crippen molar-refractivity contribution in [3.63, 3.8) is 0 Å². The summed E-state index contributed by atoms with van der Waals surface area (Å²) in [5.41, 5.74) is 0. The molecule has 1 fully saturated rings. The Bertz CT molecular complexity index is 157. The molecule has 0 aromatic carbocycles. The highest BCUT2D eigenvalue weighted by Crippen LogP contribution is 1.98. The van der Waals surface area contributed by atoms with E-state index < -0.39 is 0 Å². The Morgan fingerprint density at radius 2 is 2.38 bits per heavy atom. The molecule has 0 aliphatic carbocycles. The smallest absolute Gasteiger partial charge is 0.234 e. The van der Waals surface area contributed by atoms with Crippen LogP contribution in [0.15, 0.2) is 0 Å². The van der Waals surface area contributed by atoms with Crippen LogP contribution < -0.4 is 10.6 Å². The summed E-state index contributed by atoms with van der Waals surface area (Å²) in [6.07, 6.45) is 0.00885. The van der Waals surface area contributed by atoms with Crippen molar-refractivity contribution in [1.82, 2.24) is 10.6 Å². The molecule has 1 atom stereocenters. The van der Waals surface area contributed by atoms with Gasteiger partial charge in [-0.3, -0.25) is 4.79 Å². The maximum Gasteiger partial charge on any atom is 0.234 e. The Morgan fingerprint density at radius 1 is 1.54 bits per heavy atom. The molecular weight excluding hydrogens is 172 g/mol. The lowest BCUT2D eigenvalue weighted by Crippen LogP contribution is -2.42. The number of likely N-dealkylation sites (N-methyl/N-ethyl adjacent to an activating group) is 1. The van der Waals surface area contributed by atoms with E-state index >= 15 is 0 Å². The summed E-state index contributed by atoms with van der Waals surface area (Å²) in [7, 11) is 1.74. The molecule has 1 heterocycles. The van der Waals surface area contributed by atoms with Crippen LogP contribution in [0.1, 0.15) is 0 Å². The number of nitrogens with one attached hydrogen (secondary N) is 2. The van der Waals surface area contributed by atoms with Crippen LogP contribution in [0.5, 0.6) is 0 Å². The number of hydrogen-bond acceptors (Lipinski definition) is 4. The van der Waals surface area contributed by atoms with Gasteiger partial charge in [0.15, 0.2) is 0 Å². The monoisotopic (exact) mass is 188 g/mol. The van der Waals surface area contributed by atoms with Crippen molar-refractivity contribution in [1.29, 1.82) is 0 Å². The summed E-state index contributed by atoms with van der Waals surface area (Å²) in [4.78, 5) is 11.0. The van der Waals surface area contributed by atoms with Gasteiger partial charge in [-0.05, 0) is 7.05 Å². The van der Waals surface area contributed by atoms with Gasteiger partial charge >= 0.3 is 0 Å². The van der Waals surface area contributed by atoms with Crippen LogP contribution in [-0.2, 0) is 14.3 Å². The van der Waals surface area contributed by atoms with Crippen LogP contribution in [0.2, 0.25) is 0 Å². The van der Waals surface area contributed by atoms with Crippen LogP contribution in [0.3, 0.4) is 0 Å². The van der Waals surface area contributed by atoms with Crippen molar-refractivity contribution >= 4 is 5.91 Å². The lowest BCUT2D eigenvalue weighted by molar-refractivity contribution is -0.123. The molecule has 1 rings (SSSR count). The van der Waals surface area contributed by atoms with Crippen molar-refractivity contribution in [2.75, 3.05) is 40.0 Å². The molecule has 0 aromatic heterocycles. The summed E-state index contributed by atoms with van der Waals surface area (Å²) >= 11 is 0. The van der Waals surface area contributed by atoms with E-state index in [1.807, 2.05) is 0 Å². The van der Waals surface area contributed by atoms with Gasteiger partial charge in [-0.15, -0.1) is 0 Å². The zero-order chi connectivity index (χ0) is 9.52. The van der Waals surface area contributed by atoms with Gasteiger partial charge in [0.05, 0.1) is 32.5 Å². The van der Waals surface area contributed by atoms with Gasteiger partial charge in [-0.1, -0.05) is 0 Å². The van der Waals surface area contributed by atoms with Gasteiger partial charge in [-0.2, -0.15) is 0 Å². The Morgan fingerprint density at radius 3 is 3.00 bits per heavy atom. The SMILES string of the molecule is CNCC(=O)NCC1COCCO1. The van der Waals surface area contributed by atoms with E-state index in [0.29, 0.717) is 32.9 Å².